The fraction of sp³-hybridized carbons (Fsp3) is 0. The van der Waals surface area contributed by atoms with Crippen LogP contribution in [0.3, 0.4) is 0 Å². The highest BCUT2D eigenvalue weighted by Crippen LogP contribution is 2.48. The Morgan fingerprint density at radius 2 is 0.879 bits per heavy atom. The van der Waals surface area contributed by atoms with Crippen LogP contribution in [0, 0.1) is 0 Å². The predicted octanol–water partition coefficient (Wildman–Crippen LogP) is 16.1. The molecule has 0 fully saturated rings. The minimum Gasteiger partial charge on any atom is -0.455 e. The Hall–Kier alpha value is -8.93. The number of aromatic nitrogens is 4. The van der Waals surface area contributed by atoms with Crippen molar-refractivity contribution in [2.75, 3.05) is 0 Å². The van der Waals surface area contributed by atoms with Crippen LogP contribution in [0.5, 0.6) is 0 Å². The van der Waals surface area contributed by atoms with Crippen molar-refractivity contribution in [2.45, 2.75) is 0 Å². The molecule has 0 spiro atoms. The summed E-state index contributed by atoms with van der Waals surface area (Å²) >= 11 is 0. The van der Waals surface area contributed by atoms with Gasteiger partial charge in [-0.25, -0.2) is 15.0 Å². The lowest BCUT2D eigenvalue weighted by Gasteiger charge is -2.17. The van der Waals surface area contributed by atoms with E-state index >= 15 is 0 Å². The van der Waals surface area contributed by atoms with Crippen molar-refractivity contribution in [3.05, 3.63) is 218 Å². The van der Waals surface area contributed by atoms with Crippen LogP contribution < -0.4 is 0 Å². The summed E-state index contributed by atoms with van der Waals surface area (Å²) in [5.74, 6) is 1.71. The van der Waals surface area contributed by atoms with Gasteiger partial charge >= 0.3 is 0 Å². The van der Waals surface area contributed by atoms with Crippen molar-refractivity contribution in [1.82, 2.24) is 19.5 Å². The lowest BCUT2D eigenvalue weighted by Crippen LogP contribution is -2.03. The van der Waals surface area contributed by atoms with Gasteiger partial charge in [0.2, 0.25) is 0 Å². The van der Waals surface area contributed by atoms with E-state index in [2.05, 4.69) is 211 Å². The van der Waals surface area contributed by atoms with Crippen molar-refractivity contribution in [3.63, 3.8) is 0 Å². The molecule has 0 saturated carbocycles. The maximum Gasteiger partial charge on any atom is 0.168 e. The highest BCUT2D eigenvalue weighted by atomic mass is 16.3. The molecule has 66 heavy (non-hydrogen) atoms. The number of hydrogen-bond donors (Lipinski definition) is 0. The van der Waals surface area contributed by atoms with E-state index in [0.717, 1.165) is 82.6 Å². The number of rotatable bonds is 5. The topological polar surface area (TPSA) is 56.7 Å². The van der Waals surface area contributed by atoms with Gasteiger partial charge in [0.1, 0.15) is 11.2 Å². The van der Waals surface area contributed by atoms with Crippen LogP contribution >= 0.6 is 0 Å². The average Bonchev–Trinajstić information content (AvgIpc) is 3.92. The first kappa shape index (κ1) is 36.5. The van der Waals surface area contributed by atoms with Gasteiger partial charge in [0, 0.05) is 32.7 Å². The van der Waals surface area contributed by atoms with Gasteiger partial charge in [-0.05, 0) is 79.2 Å². The molecule has 0 N–H and O–H groups in total. The quantitative estimate of drug-likeness (QED) is 0.162. The Bertz CT molecular complexity index is 4280. The number of furan rings is 1. The normalized spacial score (nSPS) is 11.9. The zero-order valence-corrected chi connectivity index (χ0v) is 35.5. The van der Waals surface area contributed by atoms with Gasteiger partial charge < -0.3 is 8.98 Å². The third-order valence-corrected chi connectivity index (χ3v) is 13.4. The minimum atomic E-state index is 0.542. The average molecular weight is 841 g/mol. The highest BCUT2D eigenvalue weighted by molar-refractivity contribution is 6.25. The number of nitrogens with zero attached hydrogens (tertiary/aromatic N) is 4. The van der Waals surface area contributed by atoms with Gasteiger partial charge in [0.15, 0.2) is 17.5 Å². The third kappa shape index (κ3) is 5.57. The maximum atomic E-state index is 7.12. The Balaban J connectivity index is 1.08. The molecule has 0 aliphatic carbocycles. The molecular formula is C61H36N4O. The van der Waals surface area contributed by atoms with Crippen LogP contribution in [0.2, 0.25) is 0 Å². The van der Waals surface area contributed by atoms with Crippen LogP contribution in [0.15, 0.2) is 223 Å². The molecule has 306 valence electrons. The van der Waals surface area contributed by atoms with E-state index in [1.165, 1.54) is 37.7 Å². The highest BCUT2D eigenvalue weighted by Gasteiger charge is 2.27. The second-order valence-electron chi connectivity index (χ2n) is 17.1. The number of para-hydroxylation sites is 2. The summed E-state index contributed by atoms with van der Waals surface area (Å²) < 4.78 is 9.57. The molecule has 5 heteroatoms. The Morgan fingerprint density at radius 1 is 0.318 bits per heavy atom. The summed E-state index contributed by atoms with van der Waals surface area (Å²) in [6.07, 6.45) is 0. The largest absolute Gasteiger partial charge is 0.455 e. The summed E-state index contributed by atoms with van der Waals surface area (Å²) in [4.78, 5) is 16.1. The van der Waals surface area contributed by atoms with Crippen molar-refractivity contribution in [1.29, 1.82) is 0 Å². The van der Waals surface area contributed by atoms with Crippen LogP contribution in [0.4, 0.5) is 0 Å². The lowest BCUT2D eigenvalue weighted by molar-refractivity contribution is 0.670. The van der Waals surface area contributed by atoms with Crippen molar-refractivity contribution < 1.29 is 4.42 Å². The molecule has 0 aliphatic heterocycles. The summed E-state index contributed by atoms with van der Waals surface area (Å²) in [7, 11) is 0. The van der Waals surface area contributed by atoms with E-state index in [1.807, 2.05) is 12.1 Å². The lowest BCUT2D eigenvalue weighted by atomic mass is 9.96. The minimum absolute atomic E-state index is 0.542. The molecule has 3 heterocycles. The molecular weight excluding hydrogens is 805 g/mol. The molecule has 14 rings (SSSR count). The molecule has 0 aliphatic rings. The van der Waals surface area contributed by atoms with Crippen molar-refractivity contribution in [3.8, 4) is 51.0 Å². The van der Waals surface area contributed by atoms with Crippen LogP contribution in [-0.2, 0) is 0 Å². The zero-order chi connectivity index (χ0) is 43.3. The van der Waals surface area contributed by atoms with Gasteiger partial charge in [-0.15, -0.1) is 0 Å². The second kappa shape index (κ2) is 14.3. The molecule has 11 aromatic carbocycles. The summed E-state index contributed by atoms with van der Waals surface area (Å²) in [5.41, 5.74) is 9.74. The molecule has 0 bridgehead atoms. The van der Waals surface area contributed by atoms with E-state index < -0.39 is 0 Å². The summed E-state index contributed by atoms with van der Waals surface area (Å²) in [6.45, 7) is 0. The standard InChI is InChI=1S/C61H36N4O/c1-2-14-37(15-3-1)38-26-29-40(30-27-38)59-62-60(44-32-33-46-43(34-44)31-28-39-16-6-7-19-45(39)46)64-61(63-59)56-48-21-8-9-22-49(48)57(55-50-23-11-13-25-54(50)66-58(55)56)65-52-24-12-10-20-47(52)51-35-41-17-4-5-18-42(41)36-53(51)65/h1-36H. The first-order valence-corrected chi connectivity index (χ1v) is 22.3. The first-order valence-electron chi connectivity index (χ1n) is 22.3. The summed E-state index contributed by atoms with van der Waals surface area (Å²) in [6, 6.07) is 77.4. The van der Waals surface area contributed by atoms with E-state index in [4.69, 9.17) is 19.4 Å². The van der Waals surface area contributed by atoms with E-state index in [1.54, 1.807) is 0 Å². The Morgan fingerprint density at radius 3 is 1.70 bits per heavy atom. The second-order valence-corrected chi connectivity index (χ2v) is 17.1. The van der Waals surface area contributed by atoms with E-state index in [-0.39, 0.29) is 0 Å². The molecule has 14 aromatic rings. The third-order valence-electron chi connectivity index (χ3n) is 13.4. The number of hydrogen-bond acceptors (Lipinski definition) is 4. The SMILES string of the molecule is c1ccc(-c2ccc(-c3nc(-c4ccc5c(ccc6ccccc65)c4)nc(-c4c5ccccc5c(-n5c6ccccc6c6cc7ccccc7cc65)c5c4oc4ccccc45)n3)cc2)cc1. The molecule has 0 radical (unpaired) electrons. The summed E-state index contributed by atoms with van der Waals surface area (Å²) in [5, 5.41) is 13.6. The van der Waals surface area contributed by atoms with Gasteiger partial charge in [-0.2, -0.15) is 0 Å². The number of benzene rings is 11. The van der Waals surface area contributed by atoms with Crippen LogP contribution in [0.1, 0.15) is 0 Å². The smallest absolute Gasteiger partial charge is 0.168 e. The van der Waals surface area contributed by atoms with E-state index in [9.17, 15) is 0 Å². The van der Waals surface area contributed by atoms with Crippen LogP contribution in [0.25, 0.3) is 138 Å². The van der Waals surface area contributed by atoms with Crippen LogP contribution in [-0.4, -0.2) is 19.5 Å². The van der Waals surface area contributed by atoms with Crippen molar-refractivity contribution in [2.24, 2.45) is 0 Å². The maximum absolute atomic E-state index is 7.12. The Labute approximate surface area is 378 Å². The molecule has 0 saturated heterocycles. The first-order chi connectivity index (χ1) is 32.7. The fourth-order valence-electron chi connectivity index (χ4n) is 10.3. The molecule has 0 atom stereocenters. The van der Waals surface area contributed by atoms with Gasteiger partial charge in [0.25, 0.3) is 0 Å². The number of fused-ring (bicyclic) bond motifs is 11. The molecule has 5 nitrogen and oxygen atoms in total. The van der Waals surface area contributed by atoms with Gasteiger partial charge in [-0.1, -0.05) is 188 Å². The van der Waals surface area contributed by atoms with Crippen molar-refractivity contribution >= 4 is 86.8 Å². The van der Waals surface area contributed by atoms with Gasteiger partial charge in [0.05, 0.1) is 27.7 Å². The monoisotopic (exact) mass is 840 g/mol. The molecule has 3 aromatic heterocycles. The molecule has 0 amide bonds. The predicted molar refractivity (Wildman–Crippen MR) is 273 cm³/mol. The van der Waals surface area contributed by atoms with E-state index in [0.29, 0.717) is 17.5 Å². The molecule has 0 unspecified atom stereocenters. The van der Waals surface area contributed by atoms with Gasteiger partial charge in [-0.3, -0.25) is 0 Å². The zero-order valence-electron chi connectivity index (χ0n) is 35.5. The fourth-order valence-corrected chi connectivity index (χ4v) is 10.3. The Kier molecular flexibility index (Phi) is 7.91.